The first-order valence-corrected chi connectivity index (χ1v) is 8.32. The van der Waals surface area contributed by atoms with Crippen LogP contribution >= 0.6 is 0 Å². The van der Waals surface area contributed by atoms with Crippen LogP contribution in [0.15, 0.2) is 18.3 Å². The van der Waals surface area contributed by atoms with Gasteiger partial charge in [0.25, 0.3) is 5.91 Å². The Morgan fingerprint density at radius 2 is 2.29 bits per heavy atom. The molecule has 0 aliphatic carbocycles. The SMILES string of the molecule is COC[C@]1(C)Nc2cc3cnn(C4CCCCO4)c3cc2NC1=O. The van der Waals surface area contributed by atoms with Crippen LogP contribution in [0.1, 0.15) is 32.4 Å². The fourth-order valence-electron chi connectivity index (χ4n) is 3.45. The second-order valence-electron chi connectivity index (χ2n) is 6.71. The Kier molecular flexibility index (Phi) is 3.69. The van der Waals surface area contributed by atoms with Gasteiger partial charge in [0.2, 0.25) is 0 Å². The minimum atomic E-state index is -0.780. The number of hydrogen-bond donors (Lipinski definition) is 2. The first kappa shape index (κ1) is 15.4. The number of nitrogens with zero attached hydrogens (tertiary/aromatic N) is 2. The summed E-state index contributed by atoms with van der Waals surface area (Å²) in [7, 11) is 1.59. The molecule has 1 unspecified atom stereocenters. The van der Waals surface area contributed by atoms with Crippen molar-refractivity contribution >= 4 is 28.2 Å². The van der Waals surface area contributed by atoms with Gasteiger partial charge in [0.05, 0.1) is 29.7 Å². The van der Waals surface area contributed by atoms with Crippen LogP contribution in [-0.4, -0.2) is 41.6 Å². The van der Waals surface area contributed by atoms with Crippen molar-refractivity contribution in [1.82, 2.24) is 9.78 Å². The minimum absolute atomic E-state index is 0.0275. The van der Waals surface area contributed by atoms with Crippen LogP contribution in [0.5, 0.6) is 0 Å². The molecule has 0 spiro atoms. The Bertz CT molecular complexity index is 781. The number of rotatable bonds is 3. The molecular formula is C17H22N4O3. The number of ether oxygens (including phenoxy) is 2. The molecule has 1 fully saturated rings. The van der Waals surface area contributed by atoms with Crippen LogP contribution in [0.2, 0.25) is 0 Å². The summed E-state index contributed by atoms with van der Waals surface area (Å²) in [5, 5.41) is 11.8. The summed E-state index contributed by atoms with van der Waals surface area (Å²) in [5.41, 5.74) is 1.83. The van der Waals surface area contributed by atoms with Gasteiger partial charge in [-0.15, -0.1) is 0 Å². The van der Waals surface area contributed by atoms with Gasteiger partial charge in [0.1, 0.15) is 5.54 Å². The van der Waals surface area contributed by atoms with E-state index in [2.05, 4.69) is 15.7 Å². The van der Waals surface area contributed by atoms with E-state index in [0.29, 0.717) is 6.61 Å². The molecule has 1 aromatic heterocycles. The maximum Gasteiger partial charge on any atom is 0.252 e. The summed E-state index contributed by atoms with van der Waals surface area (Å²) in [4.78, 5) is 12.4. The molecule has 3 heterocycles. The first-order chi connectivity index (χ1) is 11.6. The smallest absolute Gasteiger partial charge is 0.252 e. The van der Waals surface area contributed by atoms with Gasteiger partial charge in [-0.25, -0.2) is 4.68 Å². The Labute approximate surface area is 140 Å². The van der Waals surface area contributed by atoms with Crippen molar-refractivity contribution in [3.05, 3.63) is 18.3 Å². The average molecular weight is 330 g/mol. The van der Waals surface area contributed by atoms with Gasteiger partial charge < -0.3 is 20.1 Å². The standard InChI is InChI=1S/C17H22N4O3/c1-17(10-23-2)16(22)19-12-8-14-11(7-13(12)20-17)9-18-21(14)15-5-3-4-6-24-15/h7-9,15,20H,3-6,10H2,1-2H3,(H,19,22)/t15?,17-/m0/s1. The van der Waals surface area contributed by atoms with E-state index in [1.807, 2.05) is 29.9 Å². The van der Waals surface area contributed by atoms with Gasteiger partial charge in [-0.05, 0) is 38.3 Å². The van der Waals surface area contributed by atoms with Crippen molar-refractivity contribution < 1.29 is 14.3 Å². The fourth-order valence-corrected chi connectivity index (χ4v) is 3.45. The molecule has 1 aromatic carbocycles. The van der Waals surface area contributed by atoms with Gasteiger partial charge in [-0.2, -0.15) is 5.10 Å². The number of fused-ring (bicyclic) bond motifs is 2. The van der Waals surface area contributed by atoms with E-state index < -0.39 is 5.54 Å². The quantitative estimate of drug-likeness (QED) is 0.904. The van der Waals surface area contributed by atoms with Crippen LogP contribution < -0.4 is 10.6 Å². The summed E-state index contributed by atoms with van der Waals surface area (Å²) < 4.78 is 12.9. The summed E-state index contributed by atoms with van der Waals surface area (Å²) in [6.45, 7) is 2.90. The van der Waals surface area contributed by atoms with Gasteiger partial charge in [-0.3, -0.25) is 4.79 Å². The molecule has 1 amide bonds. The summed E-state index contributed by atoms with van der Waals surface area (Å²) in [6, 6.07) is 3.98. The molecule has 2 N–H and O–H groups in total. The van der Waals surface area contributed by atoms with Crippen molar-refractivity contribution in [2.24, 2.45) is 0 Å². The fraction of sp³-hybridized carbons (Fsp3) is 0.529. The summed E-state index contributed by atoms with van der Waals surface area (Å²) >= 11 is 0. The number of benzene rings is 1. The number of amides is 1. The molecule has 2 aliphatic rings. The van der Waals surface area contributed by atoms with Gasteiger partial charge in [0.15, 0.2) is 6.23 Å². The third kappa shape index (κ3) is 2.44. The third-order valence-corrected chi connectivity index (χ3v) is 4.76. The lowest BCUT2D eigenvalue weighted by molar-refractivity contribution is -0.121. The predicted molar refractivity (Wildman–Crippen MR) is 91.1 cm³/mol. The molecule has 128 valence electrons. The number of aromatic nitrogens is 2. The molecule has 2 aliphatic heterocycles. The van der Waals surface area contributed by atoms with E-state index in [1.54, 1.807) is 7.11 Å². The molecule has 0 bridgehead atoms. The molecule has 0 radical (unpaired) electrons. The molecule has 2 atom stereocenters. The van der Waals surface area contributed by atoms with Crippen LogP contribution in [0, 0.1) is 0 Å². The highest BCUT2D eigenvalue weighted by molar-refractivity contribution is 6.08. The van der Waals surface area contributed by atoms with E-state index >= 15 is 0 Å². The lowest BCUT2D eigenvalue weighted by Gasteiger charge is -2.35. The minimum Gasteiger partial charge on any atom is -0.382 e. The topological polar surface area (TPSA) is 77.4 Å². The Balaban J connectivity index is 1.73. The van der Waals surface area contributed by atoms with Crippen LogP contribution in [-0.2, 0) is 14.3 Å². The highest BCUT2D eigenvalue weighted by atomic mass is 16.5. The number of carbonyl (C=O) groups is 1. The lowest BCUT2D eigenvalue weighted by Crippen LogP contribution is -2.53. The maximum absolute atomic E-state index is 12.4. The molecule has 0 saturated carbocycles. The van der Waals surface area contributed by atoms with Crippen molar-refractivity contribution in [3.8, 4) is 0 Å². The normalized spacial score (nSPS) is 26.8. The zero-order valence-electron chi connectivity index (χ0n) is 14.0. The summed E-state index contributed by atoms with van der Waals surface area (Å²) in [6.07, 6.45) is 5.03. The lowest BCUT2D eigenvalue weighted by atomic mass is 9.98. The van der Waals surface area contributed by atoms with Crippen molar-refractivity contribution in [2.45, 2.75) is 38.0 Å². The van der Waals surface area contributed by atoms with E-state index in [0.717, 1.165) is 48.1 Å². The number of methoxy groups -OCH3 is 1. The number of hydrogen-bond acceptors (Lipinski definition) is 5. The number of anilines is 2. The highest BCUT2D eigenvalue weighted by Crippen LogP contribution is 2.36. The van der Waals surface area contributed by atoms with E-state index in [1.165, 1.54) is 0 Å². The van der Waals surface area contributed by atoms with Crippen LogP contribution in [0.3, 0.4) is 0 Å². The molecule has 7 heteroatoms. The molecule has 2 aromatic rings. The van der Waals surface area contributed by atoms with Crippen LogP contribution in [0.4, 0.5) is 11.4 Å². The molecule has 7 nitrogen and oxygen atoms in total. The first-order valence-electron chi connectivity index (χ1n) is 8.32. The van der Waals surface area contributed by atoms with E-state index in [-0.39, 0.29) is 12.1 Å². The number of carbonyl (C=O) groups excluding carboxylic acids is 1. The predicted octanol–water partition coefficient (Wildman–Crippen LogP) is 2.50. The summed E-state index contributed by atoms with van der Waals surface area (Å²) in [5.74, 6) is -0.101. The zero-order valence-corrected chi connectivity index (χ0v) is 14.0. The Morgan fingerprint density at radius 3 is 3.04 bits per heavy atom. The Hall–Kier alpha value is -2.12. The van der Waals surface area contributed by atoms with E-state index in [9.17, 15) is 4.79 Å². The van der Waals surface area contributed by atoms with Crippen molar-refractivity contribution in [3.63, 3.8) is 0 Å². The second kappa shape index (κ2) is 5.75. The van der Waals surface area contributed by atoms with E-state index in [4.69, 9.17) is 9.47 Å². The molecule has 24 heavy (non-hydrogen) atoms. The largest absolute Gasteiger partial charge is 0.382 e. The molecule has 4 rings (SSSR count). The van der Waals surface area contributed by atoms with Crippen molar-refractivity contribution in [2.75, 3.05) is 31.0 Å². The zero-order chi connectivity index (χ0) is 16.7. The number of nitrogens with one attached hydrogen (secondary N) is 2. The molecular weight excluding hydrogens is 308 g/mol. The van der Waals surface area contributed by atoms with Gasteiger partial charge >= 0.3 is 0 Å². The van der Waals surface area contributed by atoms with Gasteiger partial charge in [0, 0.05) is 19.1 Å². The Morgan fingerprint density at radius 1 is 1.42 bits per heavy atom. The third-order valence-electron chi connectivity index (χ3n) is 4.76. The average Bonchev–Trinajstić information content (AvgIpc) is 2.98. The second-order valence-corrected chi connectivity index (χ2v) is 6.71. The maximum atomic E-state index is 12.4. The monoisotopic (exact) mass is 330 g/mol. The molecule has 1 saturated heterocycles. The van der Waals surface area contributed by atoms with Crippen LogP contribution in [0.25, 0.3) is 10.9 Å². The highest BCUT2D eigenvalue weighted by Gasteiger charge is 2.38. The van der Waals surface area contributed by atoms with Gasteiger partial charge in [-0.1, -0.05) is 0 Å². The van der Waals surface area contributed by atoms with Crippen molar-refractivity contribution in [1.29, 1.82) is 0 Å².